The van der Waals surface area contributed by atoms with Gasteiger partial charge in [-0.2, -0.15) is 0 Å². The second-order valence-corrected chi connectivity index (χ2v) is 3.70. The van der Waals surface area contributed by atoms with Crippen LogP contribution in [0.25, 0.3) is 0 Å². The van der Waals surface area contributed by atoms with Gasteiger partial charge in [0.2, 0.25) is 0 Å². The largest absolute Gasteiger partial charge is 0.381 e. The van der Waals surface area contributed by atoms with Gasteiger partial charge in [-0.1, -0.05) is 31.9 Å². The number of hydrogen-bond donors (Lipinski definition) is 0. The first-order valence-electron chi connectivity index (χ1n) is 5.65. The number of rotatable bonds is 7. The molecule has 0 unspecified atom stereocenters. The molecule has 1 nitrogen and oxygen atoms in total. The molecular formula is C13H19FO. The van der Waals surface area contributed by atoms with Crippen LogP contribution in [-0.2, 0) is 11.2 Å². The van der Waals surface area contributed by atoms with E-state index in [-0.39, 0.29) is 5.82 Å². The summed E-state index contributed by atoms with van der Waals surface area (Å²) >= 11 is 0. The molecule has 0 heterocycles. The van der Waals surface area contributed by atoms with Gasteiger partial charge in [-0.15, -0.1) is 0 Å². The van der Waals surface area contributed by atoms with E-state index in [1.165, 1.54) is 18.9 Å². The summed E-state index contributed by atoms with van der Waals surface area (Å²) in [6, 6.07) is 6.70. The molecule has 1 aromatic carbocycles. The van der Waals surface area contributed by atoms with Gasteiger partial charge in [0.15, 0.2) is 0 Å². The molecule has 0 aliphatic carbocycles. The Morgan fingerprint density at radius 2 is 2.07 bits per heavy atom. The van der Waals surface area contributed by atoms with E-state index in [1.807, 2.05) is 6.07 Å². The van der Waals surface area contributed by atoms with Crippen molar-refractivity contribution in [2.75, 3.05) is 13.2 Å². The van der Waals surface area contributed by atoms with Crippen LogP contribution in [-0.4, -0.2) is 13.2 Å². The van der Waals surface area contributed by atoms with Crippen LogP contribution in [0.5, 0.6) is 0 Å². The molecule has 1 rings (SSSR count). The van der Waals surface area contributed by atoms with Crippen molar-refractivity contribution in [1.82, 2.24) is 0 Å². The zero-order valence-corrected chi connectivity index (χ0v) is 9.34. The summed E-state index contributed by atoms with van der Waals surface area (Å²) in [6.07, 6.45) is 4.36. The van der Waals surface area contributed by atoms with Crippen molar-refractivity contribution in [2.45, 2.75) is 32.6 Å². The summed E-state index contributed by atoms with van der Waals surface area (Å²) in [6.45, 7) is 3.68. The first-order chi connectivity index (χ1) is 7.33. The highest BCUT2D eigenvalue weighted by molar-refractivity contribution is 5.16. The fourth-order valence-electron chi connectivity index (χ4n) is 1.44. The molecule has 0 saturated heterocycles. The third-order valence-corrected chi connectivity index (χ3v) is 2.32. The SMILES string of the molecule is CCCCCOCCc1cccc(F)c1. The molecule has 0 N–H and O–H groups in total. The maximum atomic E-state index is 12.8. The zero-order chi connectivity index (χ0) is 10.9. The van der Waals surface area contributed by atoms with E-state index in [0.29, 0.717) is 6.61 Å². The zero-order valence-electron chi connectivity index (χ0n) is 9.34. The van der Waals surface area contributed by atoms with E-state index in [9.17, 15) is 4.39 Å². The molecule has 0 fully saturated rings. The van der Waals surface area contributed by atoms with Crippen LogP contribution in [0.3, 0.4) is 0 Å². The Hall–Kier alpha value is -0.890. The minimum absolute atomic E-state index is 0.168. The van der Waals surface area contributed by atoms with Crippen molar-refractivity contribution < 1.29 is 9.13 Å². The lowest BCUT2D eigenvalue weighted by atomic mass is 10.1. The summed E-state index contributed by atoms with van der Waals surface area (Å²) in [5, 5.41) is 0. The molecule has 0 aromatic heterocycles. The van der Waals surface area contributed by atoms with E-state index < -0.39 is 0 Å². The Labute approximate surface area is 91.3 Å². The van der Waals surface area contributed by atoms with Gasteiger partial charge < -0.3 is 4.74 Å². The molecule has 0 saturated carbocycles. The van der Waals surface area contributed by atoms with Crippen LogP contribution >= 0.6 is 0 Å². The van der Waals surface area contributed by atoms with Crippen LogP contribution in [0.1, 0.15) is 31.7 Å². The molecule has 2 heteroatoms. The Morgan fingerprint density at radius 3 is 2.80 bits per heavy atom. The number of halogens is 1. The highest BCUT2D eigenvalue weighted by Gasteiger charge is 1.95. The smallest absolute Gasteiger partial charge is 0.123 e. The summed E-state index contributed by atoms with van der Waals surface area (Å²) in [7, 11) is 0. The quantitative estimate of drug-likeness (QED) is 0.625. The monoisotopic (exact) mass is 210 g/mol. The minimum Gasteiger partial charge on any atom is -0.381 e. The van der Waals surface area contributed by atoms with Crippen molar-refractivity contribution in [2.24, 2.45) is 0 Å². The molecule has 0 aliphatic heterocycles. The van der Waals surface area contributed by atoms with Crippen LogP contribution in [0.4, 0.5) is 4.39 Å². The predicted molar refractivity (Wildman–Crippen MR) is 60.4 cm³/mol. The summed E-state index contributed by atoms with van der Waals surface area (Å²) < 4.78 is 18.3. The minimum atomic E-state index is -0.168. The van der Waals surface area contributed by atoms with Gasteiger partial charge >= 0.3 is 0 Å². The highest BCUT2D eigenvalue weighted by Crippen LogP contribution is 2.04. The lowest BCUT2D eigenvalue weighted by molar-refractivity contribution is 0.133. The molecule has 0 amide bonds. The Balaban J connectivity index is 2.10. The maximum Gasteiger partial charge on any atom is 0.123 e. The molecule has 84 valence electrons. The topological polar surface area (TPSA) is 9.23 Å². The van der Waals surface area contributed by atoms with Crippen LogP contribution in [0.2, 0.25) is 0 Å². The van der Waals surface area contributed by atoms with Crippen molar-refractivity contribution in [1.29, 1.82) is 0 Å². The molecule has 0 radical (unpaired) electrons. The summed E-state index contributed by atoms with van der Waals surface area (Å²) in [5.41, 5.74) is 1.01. The predicted octanol–water partition coefficient (Wildman–Crippen LogP) is 3.58. The summed E-state index contributed by atoms with van der Waals surface area (Å²) in [5.74, 6) is -0.168. The Kier molecular flexibility index (Phi) is 6.02. The number of benzene rings is 1. The van der Waals surface area contributed by atoms with Crippen LogP contribution < -0.4 is 0 Å². The lowest BCUT2D eigenvalue weighted by Gasteiger charge is -2.03. The second-order valence-electron chi connectivity index (χ2n) is 3.70. The molecule has 15 heavy (non-hydrogen) atoms. The average Bonchev–Trinajstić information content (AvgIpc) is 2.23. The van der Waals surface area contributed by atoms with Crippen molar-refractivity contribution in [3.63, 3.8) is 0 Å². The molecule has 1 aromatic rings. The number of ether oxygens (including phenoxy) is 1. The van der Waals surface area contributed by atoms with Crippen molar-refractivity contribution in [3.05, 3.63) is 35.6 Å². The van der Waals surface area contributed by atoms with E-state index >= 15 is 0 Å². The maximum absolute atomic E-state index is 12.8. The standard InChI is InChI=1S/C13H19FO/c1-2-3-4-9-15-10-8-12-6-5-7-13(14)11-12/h5-7,11H,2-4,8-10H2,1H3. The molecule has 0 aliphatic rings. The van der Waals surface area contributed by atoms with Crippen LogP contribution in [0, 0.1) is 5.82 Å². The average molecular weight is 210 g/mol. The Morgan fingerprint density at radius 1 is 1.20 bits per heavy atom. The second kappa shape index (κ2) is 7.41. The fourth-order valence-corrected chi connectivity index (χ4v) is 1.44. The van der Waals surface area contributed by atoms with Crippen LogP contribution in [0.15, 0.2) is 24.3 Å². The van der Waals surface area contributed by atoms with Crippen molar-refractivity contribution >= 4 is 0 Å². The highest BCUT2D eigenvalue weighted by atomic mass is 19.1. The molecule has 0 atom stereocenters. The first-order valence-corrected chi connectivity index (χ1v) is 5.65. The fraction of sp³-hybridized carbons (Fsp3) is 0.538. The van der Waals surface area contributed by atoms with E-state index in [0.717, 1.165) is 25.0 Å². The Bertz CT molecular complexity index is 273. The third-order valence-electron chi connectivity index (χ3n) is 2.32. The van der Waals surface area contributed by atoms with Gasteiger partial charge in [0.1, 0.15) is 5.82 Å². The first kappa shape index (κ1) is 12.2. The molecular weight excluding hydrogens is 191 g/mol. The number of unbranched alkanes of at least 4 members (excludes halogenated alkanes) is 2. The number of hydrogen-bond acceptors (Lipinski definition) is 1. The van der Waals surface area contributed by atoms with Gasteiger partial charge in [0.05, 0.1) is 6.61 Å². The lowest BCUT2D eigenvalue weighted by Crippen LogP contribution is -2.00. The van der Waals surface area contributed by atoms with Gasteiger partial charge in [0, 0.05) is 6.61 Å². The molecule has 0 bridgehead atoms. The summed E-state index contributed by atoms with van der Waals surface area (Å²) in [4.78, 5) is 0. The normalized spacial score (nSPS) is 10.5. The van der Waals surface area contributed by atoms with E-state index in [1.54, 1.807) is 12.1 Å². The molecule has 0 spiro atoms. The van der Waals surface area contributed by atoms with Gasteiger partial charge in [0.25, 0.3) is 0 Å². The van der Waals surface area contributed by atoms with Gasteiger partial charge in [-0.05, 0) is 30.5 Å². The third kappa shape index (κ3) is 5.53. The van der Waals surface area contributed by atoms with Gasteiger partial charge in [-0.25, -0.2) is 4.39 Å². The van der Waals surface area contributed by atoms with E-state index in [2.05, 4.69) is 6.92 Å². The van der Waals surface area contributed by atoms with Crippen molar-refractivity contribution in [3.8, 4) is 0 Å². The van der Waals surface area contributed by atoms with E-state index in [4.69, 9.17) is 4.74 Å². The van der Waals surface area contributed by atoms with Gasteiger partial charge in [-0.3, -0.25) is 0 Å².